The van der Waals surface area contributed by atoms with Gasteiger partial charge >= 0.3 is 6.18 Å². The number of hydrogen-bond donors (Lipinski definition) is 1. The molecule has 0 aliphatic carbocycles. The van der Waals surface area contributed by atoms with Crippen LogP contribution in [-0.2, 0) is 16.4 Å². The molecule has 43 heavy (non-hydrogen) atoms. The Labute approximate surface area is 248 Å². The lowest BCUT2D eigenvalue weighted by atomic mass is 9.71. The number of nitrogens with zero attached hydrogens (tertiary/aromatic N) is 4. The van der Waals surface area contributed by atoms with Crippen molar-refractivity contribution in [3.63, 3.8) is 0 Å². The van der Waals surface area contributed by atoms with Gasteiger partial charge in [0.25, 0.3) is 0 Å². The van der Waals surface area contributed by atoms with E-state index in [-0.39, 0.29) is 30.4 Å². The molecule has 2 saturated heterocycles. The van der Waals surface area contributed by atoms with Gasteiger partial charge in [-0.2, -0.15) is 18.4 Å². The van der Waals surface area contributed by atoms with Crippen molar-refractivity contribution in [1.82, 2.24) is 15.2 Å². The average Bonchev–Trinajstić information content (AvgIpc) is 3.41. The summed E-state index contributed by atoms with van der Waals surface area (Å²) in [5.74, 6) is -0.410. The summed E-state index contributed by atoms with van der Waals surface area (Å²) >= 11 is 0. The van der Waals surface area contributed by atoms with E-state index < -0.39 is 23.0 Å². The molecule has 3 aromatic rings. The molecule has 7 nitrogen and oxygen atoms in total. The van der Waals surface area contributed by atoms with Crippen LogP contribution in [0.2, 0.25) is 0 Å². The number of hydrogen-bond acceptors (Lipinski definition) is 6. The molecule has 1 atom stereocenters. The normalized spacial score (nSPS) is 18.7. The van der Waals surface area contributed by atoms with Crippen LogP contribution in [0.15, 0.2) is 54.7 Å². The van der Waals surface area contributed by atoms with Gasteiger partial charge in [-0.05, 0) is 81.7 Å². The summed E-state index contributed by atoms with van der Waals surface area (Å²) in [4.78, 5) is 22.2. The minimum absolute atomic E-state index is 0.0410. The monoisotopic (exact) mass is 595 g/mol. The molecule has 1 N–H and O–H groups in total. The van der Waals surface area contributed by atoms with E-state index in [1.807, 2.05) is 24.9 Å². The molecule has 226 valence electrons. The number of rotatable bonds is 7. The molecule has 11 heteroatoms. The topological polar surface area (TPSA) is 81.5 Å². The average molecular weight is 596 g/mol. The van der Waals surface area contributed by atoms with Crippen LogP contribution in [-0.4, -0.2) is 61.7 Å². The maximum atomic E-state index is 15.8. The predicted molar refractivity (Wildman–Crippen MR) is 154 cm³/mol. The number of ether oxygens (including phenoxy) is 1. The molecule has 1 amide bonds. The molecule has 3 heterocycles. The van der Waals surface area contributed by atoms with Crippen LogP contribution in [0.4, 0.5) is 23.2 Å². The van der Waals surface area contributed by atoms with Crippen molar-refractivity contribution >= 4 is 11.6 Å². The van der Waals surface area contributed by atoms with Crippen molar-refractivity contribution in [2.45, 2.75) is 43.8 Å². The Morgan fingerprint density at radius 3 is 2.53 bits per heavy atom. The largest absolute Gasteiger partial charge is 0.478 e. The van der Waals surface area contributed by atoms with E-state index in [2.05, 4.69) is 15.2 Å². The van der Waals surface area contributed by atoms with Gasteiger partial charge < -0.3 is 19.9 Å². The number of benzene rings is 2. The highest BCUT2D eigenvalue weighted by Crippen LogP contribution is 2.41. The van der Waals surface area contributed by atoms with E-state index in [4.69, 9.17) is 4.74 Å². The Kier molecular flexibility index (Phi) is 8.60. The van der Waals surface area contributed by atoms with E-state index in [1.165, 1.54) is 12.1 Å². The molecule has 0 unspecified atom stereocenters. The Hall–Kier alpha value is -4.17. The predicted octanol–water partition coefficient (Wildman–Crippen LogP) is 5.54. The van der Waals surface area contributed by atoms with Crippen molar-refractivity contribution in [2.75, 3.05) is 44.7 Å². The number of amides is 1. The summed E-state index contributed by atoms with van der Waals surface area (Å²) in [6.45, 7) is 4.33. The Bertz CT molecular complexity index is 1530. The number of carbonyl (C=O) groups excluding carboxylic acids is 1. The molecule has 0 saturated carbocycles. The lowest BCUT2D eigenvalue weighted by Gasteiger charge is -2.42. The van der Waals surface area contributed by atoms with Gasteiger partial charge in [0, 0.05) is 43.0 Å². The number of likely N-dealkylation sites (tertiary alicyclic amines) is 1. The minimum atomic E-state index is -4.57. The molecule has 2 aliphatic heterocycles. The number of carbonyl (C=O) groups is 1. The fourth-order valence-corrected chi connectivity index (χ4v) is 6.11. The Morgan fingerprint density at radius 1 is 1.14 bits per heavy atom. The van der Waals surface area contributed by atoms with Gasteiger partial charge in [-0.1, -0.05) is 12.1 Å². The van der Waals surface area contributed by atoms with Gasteiger partial charge in [0.2, 0.25) is 11.8 Å². The van der Waals surface area contributed by atoms with Gasteiger partial charge in [0.1, 0.15) is 11.9 Å². The van der Waals surface area contributed by atoms with Crippen molar-refractivity contribution in [3.05, 3.63) is 77.2 Å². The first-order chi connectivity index (χ1) is 20.6. The number of aromatic nitrogens is 1. The summed E-state index contributed by atoms with van der Waals surface area (Å²) in [5, 5.41) is 12.8. The standard InChI is InChI=1S/C32H33F4N5O2/c1-3-43-29-26(5-4-13-38-29)25-8-6-22(18-27(25)33)31(30(42)39-24-10-14-40(2)20-24)11-15-41(16-12-31)28-9-7-23(32(34,35)36)17-21(28)19-37/h4-9,13,17-18,24H,3,10-12,14-16,20H2,1-2H3,(H,39,42)/t24-/m1/s1. The van der Waals surface area contributed by atoms with E-state index in [0.29, 0.717) is 54.5 Å². The molecule has 0 spiro atoms. The van der Waals surface area contributed by atoms with Crippen molar-refractivity contribution in [3.8, 4) is 23.1 Å². The summed E-state index contributed by atoms with van der Waals surface area (Å²) in [6.07, 6.45) is -1.63. The van der Waals surface area contributed by atoms with E-state index in [9.17, 15) is 23.2 Å². The third-order valence-electron chi connectivity index (χ3n) is 8.43. The maximum Gasteiger partial charge on any atom is 0.416 e. The van der Waals surface area contributed by atoms with Crippen molar-refractivity contribution in [2.24, 2.45) is 0 Å². The molecular formula is C32H33F4N5O2. The first-order valence-corrected chi connectivity index (χ1v) is 14.3. The second-order valence-electron chi connectivity index (χ2n) is 11.1. The first-order valence-electron chi connectivity index (χ1n) is 14.3. The SMILES string of the molecule is CCOc1ncccc1-c1ccc(C2(C(=O)N[C@@H]3CCN(C)C3)CCN(c3ccc(C(F)(F)F)cc3C#N)CC2)cc1F. The fourth-order valence-electron chi connectivity index (χ4n) is 6.11. The highest BCUT2D eigenvalue weighted by molar-refractivity contribution is 5.89. The second-order valence-corrected chi connectivity index (χ2v) is 11.1. The molecule has 1 aromatic heterocycles. The number of nitrogens with one attached hydrogen (secondary N) is 1. The van der Waals surface area contributed by atoms with Crippen molar-refractivity contribution < 1.29 is 27.1 Å². The molecule has 2 fully saturated rings. The highest BCUT2D eigenvalue weighted by atomic mass is 19.4. The smallest absolute Gasteiger partial charge is 0.416 e. The van der Waals surface area contributed by atoms with E-state index >= 15 is 4.39 Å². The van der Waals surface area contributed by atoms with Gasteiger partial charge in [0.05, 0.1) is 28.8 Å². The van der Waals surface area contributed by atoms with Crippen LogP contribution in [0.3, 0.4) is 0 Å². The number of piperidine rings is 1. The zero-order valence-corrected chi connectivity index (χ0v) is 24.0. The third kappa shape index (κ3) is 6.15. The molecule has 5 rings (SSSR count). The van der Waals surface area contributed by atoms with E-state index in [1.54, 1.807) is 30.5 Å². The van der Waals surface area contributed by atoms with E-state index in [0.717, 1.165) is 25.1 Å². The summed E-state index contributed by atoms with van der Waals surface area (Å²) in [5.41, 5.74) is -0.353. The number of likely N-dealkylation sites (N-methyl/N-ethyl adjacent to an activating group) is 1. The number of pyridine rings is 1. The fraction of sp³-hybridized carbons (Fsp3) is 0.406. The van der Waals surface area contributed by atoms with Gasteiger partial charge in [-0.3, -0.25) is 4.79 Å². The lowest BCUT2D eigenvalue weighted by molar-refractivity contribution is -0.137. The van der Waals surface area contributed by atoms with Gasteiger partial charge in [0.15, 0.2) is 0 Å². The third-order valence-corrected chi connectivity index (χ3v) is 8.43. The molecule has 0 radical (unpaired) electrons. The van der Waals surface area contributed by atoms with Gasteiger partial charge in [-0.15, -0.1) is 0 Å². The summed E-state index contributed by atoms with van der Waals surface area (Å²) in [7, 11) is 1.99. The van der Waals surface area contributed by atoms with Crippen LogP contribution in [0.25, 0.3) is 11.1 Å². The number of nitriles is 1. The minimum Gasteiger partial charge on any atom is -0.478 e. The van der Waals surface area contributed by atoms with Crippen LogP contribution >= 0.6 is 0 Å². The molecule has 0 bridgehead atoms. The maximum absolute atomic E-state index is 15.8. The quantitative estimate of drug-likeness (QED) is 0.362. The number of alkyl halides is 3. The van der Waals surface area contributed by atoms with Crippen LogP contribution in [0, 0.1) is 17.1 Å². The first kappa shape index (κ1) is 30.3. The van der Waals surface area contributed by atoms with Crippen LogP contribution in [0.5, 0.6) is 5.88 Å². The molecule has 2 aromatic carbocycles. The zero-order chi connectivity index (χ0) is 30.8. The zero-order valence-electron chi connectivity index (χ0n) is 24.0. The second kappa shape index (κ2) is 12.2. The molecular weight excluding hydrogens is 562 g/mol. The van der Waals surface area contributed by atoms with Crippen LogP contribution < -0.4 is 15.0 Å². The van der Waals surface area contributed by atoms with Gasteiger partial charge in [-0.25, -0.2) is 9.37 Å². The number of halogens is 4. The summed E-state index contributed by atoms with van der Waals surface area (Å²) < 4.78 is 61.2. The highest BCUT2D eigenvalue weighted by Gasteiger charge is 2.45. The Balaban J connectivity index is 1.47. The van der Waals surface area contributed by atoms with Crippen LogP contribution in [0.1, 0.15) is 42.9 Å². The van der Waals surface area contributed by atoms with Crippen molar-refractivity contribution in [1.29, 1.82) is 5.26 Å². The Morgan fingerprint density at radius 2 is 1.91 bits per heavy atom. The molecule has 2 aliphatic rings. The summed E-state index contributed by atoms with van der Waals surface area (Å²) in [6, 6.07) is 13.2. The number of anilines is 1. The lowest BCUT2D eigenvalue weighted by Crippen LogP contribution is -2.54.